The van der Waals surface area contributed by atoms with E-state index in [1.165, 1.54) is 31.2 Å². The van der Waals surface area contributed by atoms with Crippen molar-refractivity contribution in [3.05, 3.63) is 34.9 Å². The van der Waals surface area contributed by atoms with Gasteiger partial charge in [0.2, 0.25) is 0 Å². The zero-order chi connectivity index (χ0) is 14.0. The van der Waals surface area contributed by atoms with Crippen molar-refractivity contribution in [2.75, 3.05) is 6.61 Å². The summed E-state index contributed by atoms with van der Waals surface area (Å²) < 4.78 is 6.10. The molecule has 1 saturated carbocycles. The van der Waals surface area contributed by atoms with Gasteiger partial charge in [0.15, 0.2) is 0 Å². The molecular formula is C17H24ClNO. The highest BCUT2D eigenvalue weighted by Crippen LogP contribution is 2.40. The molecule has 1 aromatic rings. The van der Waals surface area contributed by atoms with Crippen molar-refractivity contribution < 1.29 is 4.74 Å². The quantitative estimate of drug-likeness (QED) is 0.887. The van der Waals surface area contributed by atoms with Crippen LogP contribution in [0.5, 0.6) is 0 Å². The van der Waals surface area contributed by atoms with Crippen LogP contribution in [0.3, 0.4) is 0 Å². The van der Waals surface area contributed by atoms with Crippen molar-refractivity contribution in [2.45, 2.75) is 63.1 Å². The molecule has 2 nitrogen and oxygen atoms in total. The maximum absolute atomic E-state index is 6.29. The van der Waals surface area contributed by atoms with Gasteiger partial charge in [-0.2, -0.15) is 0 Å². The predicted molar refractivity (Wildman–Crippen MR) is 83.2 cm³/mol. The van der Waals surface area contributed by atoms with Crippen molar-refractivity contribution >= 4 is 11.6 Å². The molecule has 1 aliphatic carbocycles. The van der Waals surface area contributed by atoms with Crippen LogP contribution in [0.25, 0.3) is 0 Å². The van der Waals surface area contributed by atoms with E-state index in [2.05, 4.69) is 24.4 Å². The van der Waals surface area contributed by atoms with Gasteiger partial charge in [-0.25, -0.2) is 0 Å². The molecule has 1 N–H and O–H groups in total. The number of rotatable bonds is 3. The summed E-state index contributed by atoms with van der Waals surface area (Å²) in [4.78, 5) is 0. The average Bonchev–Trinajstić information content (AvgIpc) is 2.87. The van der Waals surface area contributed by atoms with Crippen LogP contribution in [0.2, 0.25) is 5.02 Å². The van der Waals surface area contributed by atoms with E-state index in [9.17, 15) is 0 Å². The molecule has 1 aliphatic heterocycles. The molecule has 110 valence electrons. The summed E-state index contributed by atoms with van der Waals surface area (Å²) in [6.07, 6.45) is 7.40. The summed E-state index contributed by atoms with van der Waals surface area (Å²) in [5.74, 6) is 0. The van der Waals surface area contributed by atoms with E-state index in [0.717, 1.165) is 24.5 Å². The van der Waals surface area contributed by atoms with Crippen LogP contribution in [-0.4, -0.2) is 18.2 Å². The first-order chi connectivity index (χ1) is 9.69. The van der Waals surface area contributed by atoms with Crippen LogP contribution in [0.1, 0.15) is 57.1 Å². The lowest BCUT2D eigenvalue weighted by Crippen LogP contribution is -2.46. The summed E-state index contributed by atoms with van der Waals surface area (Å²) >= 11 is 6.29. The van der Waals surface area contributed by atoms with Crippen LogP contribution in [0.15, 0.2) is 24.3 Å². The lowest BCUT2D eigenvalue weighted by molar-refractivity contribution is -0.0846. The number of hydrogen-bond acceptors (Lipinski definition) is 2. The fourth-order valence-corrected chi connectivity index (χ4v) is 4.11. The summed E-state index contributed by atoms with van der Waals surface area (Å²) in [6.45, 7) is 3.10. The molecule has 1 spiro atoms. The third kappa shape index (κ3) is 3.03. The summed E-state index contributed by atoms with van der Waals surface area (Å²) in [7, 11) is 0. The zero-order valence-corrected chi connectivity index (χ0v) is 13.0. The third-order valence-corrected chi connectivity index (χ3v) is 5.21. The van der Waals surface area contributed by atoms with E-state index >= 15 is 0 Å². The largest absolute Gasteiger partial charge is 0.375 e. The van der Waals surface area contributed by atoms with Gasteiger partial charge in [-0.3, -0.25) is 0 Å². The highest BCUT2D eigenvalue weighted by molar-refractivity contribution is 6.31. The minimum atomic E-state index is 0.177. The number of nitrogens with one attached hydrogen (secondary N) is 1. The van der Waals surface area contributed by atoms with Gasteiger partial charge in [0.05, 0.1) is 5.60 Å². The Kier molecular flexibility index (Phi) is 4.34. The van der Waals surface area contributed by atoms with Gasteiger partial charge >= 0.3 is 0 Å². The van der Waals surface area contributed by atoms with Crippen LogP contribution < -0.4 is 5.32 Å². The molecule has 1 saturated heterocycles. The summed E-state index contributed by atoms with van der Waals surface area (Å²) in [5.41, 5.74) is 1.37. The monoisotopic (exact) mass is 293 g/mol. The van der Waals surface area contributed by atoms with Crippen molar-refractivity contribution in [2.24, 2.45) is 0 Å². The molecule has 0 amide bonds. The smallest absolute Gasteiger partial charge is 0.0697 e. The number of benzene rings is 1. The van der Waals surface area contributed by atoms with Gasteiger partial charge < -0.3 is 10.1 Å². The highest BCUT2D eigenvalue weighted by Gasteiger charge is 2.40. The molecule has 3 rings (SSSR count). The van der Waals surface area contributed by atoms with E-state index in [-0.39, 0.29) is 5.60 Å². The molecule has 0 aromatic heterocycles. The number of ether oxygens (including phenoxy) is 1. The lowest BCUT2D eigenvalue weighted by atomic mass is 9.88. The second kappa shape index (κ2) is 6.05. The SMILES string of the molecule is CC(NC1CCOC2(CCCC2)C1)c1ccccc1Cl. The third-order valence-electron chi connectivity index (χ3n) is 4.87. The fraction of sp³-hybridized carbons (Fsp3) is 0.647. The Balaban J connectivity index is 1.64. The normalized spacial score (nSPS) is 26.8. The molecule has 0 radical (unpaired) electrons. The first-order valence-electron chi connectivity index (χ1n) is 7.83. The van der Waals surface area contributed by atoms with Gasteiger partial charge in [-0.1, -0.05) is 42.6 Å². The zero-order valence-electron chi connectivity index (χ0n) is 12.2. The Labute approximate surface area is 126 Å². The Hall–Kier alpha value is -0.570. The van der Waals surface area contributed by atoms with Gasteiger partial charge in [0.1, 0.15) is 0 Å². The van der Waals surface area contributed by atoms with Gasteiger partial charge in [-0.15, -0.1) is 0 Å². The number of hydrogen-bond donors (Lipinski definition) is 1. The van der Waals surface area contributed by atoms with Gasteiger partial charge in [-0.05, 0) is 44.2 Å². The minimum Gasteiger partial charge on any atom is -0.375 e. The molecule has 2 unspecified atom stereocenters. The van der Waals surface area contributed by atoms with Crippen LogP contribution >= 0.6 is 11.6 Å². The molecule has 1 aromatic carbocycles. The molecule has 1 heterocycles. The molecule has 2 aliphatic rings. The molecular weight excluding hydrogens is 270 g/mol. The molecule has 0 bridgehead atoms. The molecule has 2 fully saturated rings. The molecule has 2 atom stereocenters. The molecule has 20 heavy (non-hydrogen) atoms. The second-order valence-electron chi connectivity index (χ2n) is 6.34. The lowest BCUT2D eigenvalue weighted by Gasteiger charge is -2.39. The van der Waals surface area contributed by atoms with Crippen molar-refractivity contribution in [3.63, 3.8) is 0 Å². The second-order valence-corrected chi connectivity index (χ2v) is 6.75. The van der Waals surface area contributed by atoms with E-state index in [0.29, 0.717) is 12.1 Å². The van der Waals surface area contributed by atoms with Crippen molar-refractivity contribution in [1.82, 2.24) is 5.32 Å². The Morgan fingerprint density at radius 2 is 2.05 bits per heavy atom. The minimum absolute atomic E-state index is 0.177. The highest BCUT2D eigenvalue weighted by atomic mass is 35.5. The van der Waals surface area contributed by atoms with Crippen LogP contribution in [-0.2, 0) is 4.74 Å². The van der Waals surface area contributed by atoms with Gasteiger partial charge in [0, 0.05) is 23.7 Å². The average molecular weight is 294 g/mol. The van der Waals surface area contributed by atoms with Crippen LogP contribution in [0.4, 0.5) is 0 Å². The van der Waals surface area contributed by atoms with E-state index in [4.69, 9.17) is 16.3 Å². The fourth-order valence-electron chi connectivity index (χ4n) is 3.81. The predicted octanol–water partition coefficient (Wildman–Crippen LogP) is 4.48. The maximum atomic E-state index is 6.29. The number of halogens is 1. The first-order valence-corrected chi connectivity index (χ1v) is 8.21. The Bertz CT molecular complexity index is 456. The standard InChI is InChI=1S/C17H24ClNO/c1-13(15-6-2-3-7-16(15)18)19-14-8-11-20-17(12-14)9-4-5-10-17/h2-3,6-7,13-14,19H,4-5,8-12H2,1H3. The first kappa shape index (κ1) is 14.4. The summed E-state index contributed by atoms with van der Waals surface area (Å²) in [5, 5.41) is 4.62. The van der Waals surface area contributed by atoms with Crippen molar-refractivity contribution in [1.29, 1.82) is 0 Å². The van der Waals surface area contributed by atoms with Crippen LogP contribution in [0, 0.1) is 0 Å². The Morgan fingerprint density at radius 3 is 2.80 bits per heavy atom. The van der Waals surface area contributed by atoms with Crippen molar-refractivity contribution in [3.8, 4) is 0 Å². The molecule has 3 heteroatoms. The van der Waals surface area contributed by atoms with Gasteiger partial charge in [0.25, 0.3) is 0 Å². The van der Waals surface area contributed by atoms with E-state index in [1.807, 2.05) is 12.1 Å². The summed E-state index contributed by atoms with van der Waals surface area (Å²) in [6, 6.07) is 8.98. The topological polar surface area (TPSA) is 21.3 Å². The van der Waals surface area contributed by atoms with E-state index < -0.39 is 0 Å². The van der Waals surface area contributed by atoms with E-state index in [1.54, 1.807) is 0 Å². The maximum Gasteiger partial charge on any atom is 0.0697 e. The Morgan fingerprint density at radius 1 is 1.30 bits per heavy atom.